The first-order valence-corrected chi connectivity index (χ1v) is 7.18. The molecule has 16 heavy (non-hydrogen) atoms. The van der Waals surface area contributed by atoms with Crippen molar-refractivity contribution >= 4 is 27.3 Å². The standard InChI is InChI=1S/C11H19BrN2OS/c12-11-5-4-10(16-11)9(8-13)14-6-2-1-3-7-15/h4-5,9,14-15H,1-3,6-8,13H2. The zero-order valence-electron chi connectivity index (χ0n) is 9.29. The molecule has 0 bridgehead atoms. The molecule has 0 aromatic carbocycles. The lowest BCUT2D eigenvalue weighted by molar-refractivity contribution is 0.282. The molecule has 1 aromatic heterocycles. The molecule has 1 unspecified atom stereocenters. The molecule has 5 heteroatoms. The topological polar surface area (TPSA) is 58.3 Å². The Labute approximate surface area is 109 Å². The summed E-state index contributed by atoms with van der Waals surface area (Å²) in [4.78, 5) is 1.27. The Hall–Kier alpha value is 0.0600. The van der Waals surface area contributed by atoms with Crippen molar-refractivity contribution in [1.82, 2.24) is 5.32 Å². The highest BCUT2D eigenvalue weighted by atomic mass is 79.9. The lowest BCUT2D eigenvalue weighted by atomic mass is 10.2. The molecule has 0 saturated carbocycles. The van der Waals surface area contributed by atoms with Crippen LogP contribution in [0.3, 0.4) is 0 Å². The van der Waals surface area contributed by atoms with Gasteiger partial charge in [-0.1, -0.05) is 0 Å². The van der Waals surface area contributed by atoms with E-state index in [0.29, 0.717) is 6.54 Å². The second-order valence-corrected chi connectivity index (χ2v) is 6.16. The fourth-order valence-corrected chi connectivity index (χ4v) is 3.02. The number of aliphatic hydroxyl groups excluding tert-OH is 1. The third kappa shape index (κ3) is 4.93. The molecule has 0 amide bonds. The van der Waals surface area contributed by atoms with Crippen LogP contribution in [0.5, 0.6) is 0 Å². The van der Waals surface area contributed by atoms with Crippen LogP contribution in [-0.2, 0) is 0 Å². The fourth-order valence-electron chi connectivity index (χ4n) is 1.51. The van der Waals surface area contributed by atoms with Crippen LogP contribution >= 0.6 is 27.3 Å². The maximum Gasteiger partial charge on any atom is 0.0702 e. The summed E-state index contributed by atoms with van der Waals surface area (Å²) >= 11 is 5.18. The summed E-state index contributed by atoms with van der Waals surface area (Å²) in [6.45, 7) is 1.86. The number of hydrogen-bond donors (Lipinski definition) is 3. The summed E-state index contributed by atoms with van der Waals surface area (Å²) in [5, 5.41) is 12.1. The molecular formula is C11H19BrN2OS. The summed E-state index contributed by atoms with van der Waals surface area (Å²) in [7, 11) is 0. The van der Waals surface area contributed by atoms with E-state index in [1.54, 1.807) is 11.3 Å². The van der Waals surface area contributed by atoms with Crippen molar-refractivity contribution in [2.24, 2.45) is 5.73 Å². The number of thiophene rings is 1. The van der Waals surface area contributed by atoms with Gasteiger partial charge in [-0.15, -0.1) is 11.3 Å². The highest BCUT2D eigenvalue weighted by molar-refractivity contribution is 9.11. The van der Waals surface area contributed by atoms with Gasteiger partial charge in [0.05, 0.1) is 9.83 Å². The van der Waals surface area contributed by atoms with Crippen LogP contribution in [0.25, 0.3) is 0 Å². The van der Waals surface area contributed by atoms with Crippen LogP contribution in [0, 0.1) is 0 Å². The van der Waals surface area contributed by atoms with E-state index in [-0.39, 0.29) is 12.6 Å². The minimum atomic E-state index is 0.255. The first kappa shape index (κ1) is 14.1. The average molecular weight is 307 g/mol. The van der Waals surface area contributed by atoms with Gasteiger partial charge in [-0.2, -0.15) is 0 Å². The molecular weight excluding hydrogens is 288 g/mol. The predicted molar refractivity (Wildman–Crippen MR) is 72.8 cm³/mol. The van der Waals surface area contributed by atoms with Crippen molar-refractivity contribution in [3.8, 4) is 0 Å². The molecule has 0 aliphatic carbocycles. The van der Waals surface area contributed by atoms with Gasteiger partial charge in [0.15, 0.2) is 0 Å². The molecule has 0 aliphatic rings. The molecule has 1 atom stereocenters. The predicted octanol–water partition coefficient (Wildman–Crippen LogP) is 2.26. The Balaban J connectivity index is 2.27. The Kier molecular flexibility index (Phi) is 7.23. The minimum Gasteiger partial charge on any atom is -0.396 e. The van der Waals surface area contributed by atoms with E-state index in [0.717, 1.165) is 29.6 Å². The van der Waals surface area contributed by atoms with Crippen molar-refractivity contribution in [3.05, 3.63) is 20.8 Å². The SMILES string of the molecule is NCC(NCCCCCO)c1ccc(Br)s1. The van der Waals surface area contributed by atoms with Gasteiger partial charge in [0.2, 0.25) is 0 Å². The summed E-state index contributed by atoms with van der Waals surface area (Å²) in [6.07, 6.45) is 3.04. The van der Waals surface area contributed by atoms with Crippen LogP contribution in [0.1, 0.15) is 30.2 Å². The number of rotatable bonds is 8. The first-order chi connectivity index (χ1) is 7.77. The summed E-state index contributed by atoms with van der Waals surface area (Å²) in [5.74, 6) is 0. The quantitative estimate of drug-likeness (QED) is 0.646. The van der Waals surface area contributed by atoms with Crippen molar-refractivity contribution in [3.63, 3.8) is 0 Å². The smallest absolute Gasteiger partial charge is 0.0702 e. The van der Waals surface area contributed by atoms with Crippen LogP contribution in [0.2, 0.25) is 0 Å². The fraction of sp³-hybridized carbons (Fsp3) is 0.636. The van der Waals surface area contributed by atoms with E-state index in [1.165, 1.54) is 4.88 Å². The van der Waals surface area contributed by atoms with E-state index in [9.17, 15) is 0 Å². The van der Waals surface area contributed by atoms with Gasteiger partial charge in [0, 0.05) is 18.0 Å². The van der Waals surface area contributed by atoms with Gasteiger partial charge >= 0.3 is 0 Å². The zero-order valence-corrected chi connectivity index (χ0v) is 11.7. The molecule has 0 saturated heterocycles. The number of aliphatic hydroxyl groups is 1. The minimum absolute atomic E-state index is 0.255. The van der Waals surface area contributed by atoms with Crippen LogP contribution in [0.4, 0.5) is 0 Å². The van der Waals surface area contributed by atoms with Gasteiger partial charge in [-0.25, -0.2) is 0 Å². The lowest BCUT2D eigenvalue weighted by Crippen LogP contribution is -2.28. The molecule has 92 valence electrons. The van der Waals surface area contributed by atoms with E-state index < -0.39 is 0 Å². The van der Waals surface area contributed by atoms with Crippen molar-refractivity contribution in [2.45, 2.75) is 25.3 Å². The van der Waals surface area contributed by atoms with E-state index in [4.69, 9.17) is 10.8 Å². The van der Waals surface area contributed by atoms with E-state index in [2.05, 4.69) is 33.4 Å². The Morgan fingerprint density at radius 2 is 2.19 bits per heavy atom. The summed E-state index contributed by atoms with van der Waals surface area (Å²) < 4.78 is 1.14. The number of hydrogen-bond acceptors (Lipinski definition) is 4. The zero-order chi connectivity index (χ0) is 11.8. The van der Waals surface area contributed by atoms with Gasteiger partial charge < -0.3 is 16.2 Å². The second-order valence-electron chi connectivity index (χ2n) is 3.67. The van der Waals surface area contributed by atoms with Gasteiger partial charge in [0.1, 0.15) is 0 Å². The maximum absolute atomic E-state index is 8.66. The number of unbranched alkanes of at least 4 members (excludes halogenated alkanes) is 2. The first-order valence-electron chi connectivity index (χ1n) is 5.57. The second kappa shape index (κ2) is 8.20. The largest absolute Gasteiger partial charge is 0.396 e. The van der Waals surface area contributed by atoms with Crippen molar-refractivity contribution in [1.29, 1.82) is 0 Å². The Morgan fingerprint density at radius 1 is 1.38 bits per heavy atom. The molecule has 1 rings (SSSR count). The average Bonchev–Trinajstić information content (AvgIpc) is 2.70. The molecule has 1 aromatic rings. The van der Waals surface area contributed by atoms with Gasteiger partial charge in [-0.05, 0) is 53.9 Å². The Bertz CT molecular complexity index is 293. The molecule has 0 aliphatic heterocycles. The molecule has 0 fully saturated rings. The van der Waals surface area contributed by atoms with Crippen LogP contribution < -0.4 is 11.1 Å². The van der Waals surface area contributed by atoms with Gasteiger partial charge in [0.25, 0.3) is 0 Å². The van der Waals surface area contributed by atoms with Crippen LogP contribution in [-0.4, -0.2) is 24.8 Å². The molecule has 3 nitrogen and oxygen atoms in total. The number of nitrogens with two attached hydrogens (primary N) is 1. The van der Waals surface area contributed by atoms with Gasteiger partial charge in [-0.3, -0.25) is 0 Å². The normalized spacial score (nSPS) is 12.9. The monoisotopic (exact) mass is 306 g/mol. The highest BCUT2D eigenvalue weighted by Gasteiger charge is 2.10. The molecule has 0 spiro atoms. The third-order valence-electron chi connectivity index (χ3n) is 2.40. The van der Waals surface area contributed by atoms with E-state index >= 15 is 0 Å². The number of halogens is 1. The molecule has 4 N–H and O–H groups in total. The molecule has 1 heterocycles. The summed E-state index contributed by atoms with van der Waals surface area (Å²) in [6, 6.07) is 4.41. The van der Waals surface area contributed by atoms with Crippen molar-refractivity contribution in [2.75, 3.05) is 19.7 Å². The number of nitrogens with one attached hydrogen (secondary N) is 1. The van der Waals surface area contributed by atoms with Crippen molar-refractivity contribution < 1.29 is 5.11 Å². The maximum atomic E-state index is 8.66. The third-order valence-corrected chi connectivity index (χ3v) is 4.14. The lowest BCUT2D eigenvalue weighted by Gasteiger charge is -2.14. The Morgan fingerprint density at radius 3 is 2.75 bits per heavy atom. The van der Waals surface area contributed by atoms with E-state index in [1.807, 2.05) is 0 Å². The van der Waals surface area contributed by atoms with Crippen LogP contribution in [0.15, 0.2) is 15.9 Å². The summed E-state index contributed by atoms with van der Waals surface area (Å²) in [5.41, 5.74) is 5.74. The highest BCUT2D eigenvalue weighted by Crippen LogP contribution is 2.26. The molecule has 0 radical (unpaired) electrons.